The third-order valence-corrected chi connectivity index (χ3v) is 4.91. The van der Waals surface area contributed by atoms with Gasteiger partial charge in [0.15, 0.2) is 0 Å². The molecule has 3 amide bonds. The van der Waals surface area contributed by atoms with Crippen molar-refractivity contribution < 1.29 is 23.9 Å². The number of anilines is 1. The molecule has 3 aromatic rings. The van der Waals surface area contributed by atoms with Crippen LogP contribution < -0.4 is 21.1 Å². The molecule has 4 N–H and O–H groups in total. The topological polar surface area (TPSA) is 150 Å². The lowest BCUT2D eigenvalue weighted by Crippen LogP contribution is -2.33. The lowest BCUT2D eigenvalue weighted by Gasteiger charge is -2.19. The first-order valence-electron chi connectivity index (χ1n) is 11.2. The van der Waals surface area contributed by atoms with E-state index in [1.807, 2.05) is 0 Å². The van der Waals surface area contributed by atoms with Crippen LogP contribution >= 0.6 is 0 Å². The number of nitrogens with two attached hydrogens (primary N) is 1. The van der Waals surface area contributed by atoms with Crippen molar-refractivity contribution in [3.63, 3.8) is 0 Å². The molecule has 0 atom stereocenters. The Kier molecular flexibility index (Phi) is 7.90. The predicted octanol–water partition coefficient (Wildman–Crippen LogP) is 3.10. The second-order valence-electron chi connectivity index (χ2n) is 8.80. The van der Waals surface area contributed by atoms with Gasteiger partial charge in [-0.15, -0.1) is 0 Å². The first-order valence-corrected chi connectivity index (χ1v) is 11.2. The molecule has 2 aromatic heterocycles. The normalized spacial score (nSPS) is 11.2. The zero-order valence-electron chi connectivity index (χ0n) is 20.3. The number of hydrogen-bond acceptors (Lipinski definition) is 7. The van der Waals surface area contributed by atoms with Crippen LogP contribution in [0, 0.1) is 0 Å². The first kappa shape index (κ1) is 25.5. The maximum absolute atomic E-state index is 12.7. The highest BCUT2D eigenvalue weighted by molar-refractivity contribution is 6.04. The maximum atomic E-state index is 12.7. The number of methoxy groups -OCH3 is 1. The Bertz CT molecular complexity index is 1220. The van der Waals surface area contributed by atoms with Crippen LogP contribution in [-0.2, 0) is 11.3 Å². The Labute approximate surface area is 203 Å². The Hall–Kier alpha value is -4.15. The smallest absolute Gasteiger partial charge is 0.407 e. The zero-order chi connectivity index (χ0) is 25.6. The number of fused-ring (bicyclic) bond motifs is 1. The number of carbonyl (C=O) groups excluding carboxylic acids is 3. The van der Waals surface area contributed by atoms with E-state index in [0.29, 0.717) is 42.7 Å². The monoisotopic (exact) mass is 482 g/mol. The minimum Gasteiger partial charge on any atom is -0.494 e. The summed E-state index contributed by atoms with van der Waals surface area (Å²) in [6.07, 6.45) is 2.34. The summed E-state index contributed by atoms with van der Waals surface area (Å²) in [6.45, 7) is 6.27. The molecule has 0 radical (unpaired) electrons. The average Bonchev–Trinajstić information content (AvgIpc) is 3.14. The molecule has 0 fully saturated rings. The van der Waals surface area contributed by atoms with Gasteiger partial charge in [0.05, 0.1) is 12.6 Å². The summed E-state index contributed by atoms with van der Waals surface area (Å²) >= 11 is 0. The van der Waals surface area contributed by atoms with Crippen LogP contribution in [0.3, 0.4) is 0 Å². The number of unbranched alkanes of at least 4 members (excludes halogenated alkanes) is 1. The van der Waals surface area contributed by atoms with Gasteiger partial charge in [0, 0.05) is 24.8 Å². The maximum Gasteiger partial charge on any atom is 0.407 e. The number of ether oxygens (including phenoxy) is 2. The van der Waals surface area contributed by atoms with Crippen LogP contribution in [-0.4, -0.2) is 51.7 Å². The fourth-order valence-corrected chi connectivity index (χ4v) is 3.40. The number of aryl methyl sites for hydroxylation is 1. The van der Waals surface area contributed by atoms with E-state index in [1.165, 1.54) is 19.4 Å². The lowest BCUT2D eigenvalue weighted by molar-refractivity contribution is 0.0526. The van der Waals surface area contributed by atoms with E-state index in [2.05, 4.69) is 20.6 Å². The van der Waals surface area contributed by atoms with Gasteiger partial charge in [-0.05, 0) is 57.9 Å². The Morgan fingerprint density at radius 2 is 1.91 bits per heavy atom. The summed E-state index contributed by atoms with van der Waals surface area (Å²) in [4.78, 5) is 44.9. The van der Waals surface area contributed by atoms with Gasteiger partial charge in [-0.25, -0.2) is 9.78 Å². The molecule has 186 valence electrons. The van der Waals surface area contributed by atoms with E-state index in [1.54, 1.807) is 49.6 Å². The van der Waals surface area contributed by atoms with E-state index >= 15 is 0 Å². The summed E-state index contributed by atoms with van der Waals surface area (Å²) < 4.78 is 12.5. The van der Waals surface area contributed by atoms with E-state index in [-0.39, 0.29) is 17.2 Å². The van der Waals surface area contributed by atoms with Crippen molar-refractivity contribution in [3.05, 3.63) is 47.8 Å². The quantitative estimate of drug-likeness (QED) is 0.397. The standard InChI is InChI=1S/C24H30N6O5/c1-24(2,3)35-23(33)27-11-7-8-12-30-19-17(13-15(20(25)31)14-18(19)34-4)28-22(30)29-21(32)16-9-5-6-10-26-16/h5-6,9-10,13-14H,7-8,11-12H2,1-4H3,(H2,25,31)(H,27,33)(H,28,29,32). The minimum atomic E-state index is -0.618. The van der Waals surface area contributed by atoms with E-state index < -0.39 is 23.5 Å². The van der Waals surface area contributed by atoms with E-state index in [9.17, 15) is 14.4 Å². The van der Waals surface area contributed by atoms with Gasteiger partial charge in [0.2, 0.25) is 11.9 Å². The van der Waals surface area contributed by atoms with Crippen LogP contribution in [0.4, 0.5) is 10.7 Å². The molecule has 3 rings (SSSR count). The molecule has 0 aliphatic heterocycles. The molecule has 0 spiro atoms. The number of nitrogens with one attached hydrogen (secondary N) is 2. The summed E-state index contributed by atoms with van der Waals surface area (Å²) in [7, 11) is 1.48. The highest BCUT2D eigenvalue weighted by atomic mass is 16.6. The summed E-state index contributed by atoms with van der Waals surface area (Å²) in [5, 5.41) is 5.52. The number of primary amides is 1. The number of pyridine rings is 1. The van der Waals surface area contributed by atoms with Crippen LogP contribution in [0.15, 0.2) is 36.5 Å². The SMILES string of the molecule is COc1cc(C(N)=O)cc2nc(NC(=O)c3ccccn3)n(CCCCNC(=O)OC(C)(C)C)c12. The summed E-state index contributed by atoms with van der Waals surface area (Å²) in [5.41, 5.74) is 6.41. The second-order valence-corrected chi connectivity index (χ2v) is 8.80. The number of rotatable bonds is 9. The summed E-state index contributed by atoms with van der Waals surface area (Å²) in [5.74, 6) is -0.375. The van der Waals surface area contributed by atoms with E-state index in [0.717, 1.165) is 0 Å². The highest BCUT2D eigenvalue weighted by Crippen LogP contribution is 2.31. The van der Waals surface area contributed by atoms with Gasteiger partial charge in [0.1, 0.15) is 22.6 Å². The van der Waals surface area contributed by atoms with Crippen molar-refractivity contribution in [2.75, 3.05) is 19.0 Å². The Morgan fingerprint density at radius 3 is 2.54 bits per heavy atom. The van der Waals surface area contributed by atoms with Crippen molar-refractivity contribution in [2.24, 2.45) is 5.73 Å². The average molecular weight is 483 g/mol. The number of hydrogen-bond donors (Lipinski definition) is 3. The van der Waals surface area contributed by atoms with Gasteiger partial charge in [0.25, 0.3) is 5.91 Å². The largest absolute Gasteiger partial charge is 0.494 e. The molecule has 2 heterocycles. The molecular weight excluding hydrogens is 452 g/mol. The van der Waals surface area contributed by atoms with Crippen molar-refractivity contribution in [1.82, 2.24) is 19.9 Å². The number of nitrogens with zero attached hydrogens (tertiary/aromatic N) is 3. The molecule has 35 heavy (non-hydrogen) atoms. The number of benzene rings is 1. The van der Waals surface area contributed by atoms with Crippen molar-refractivity contribution in [3.8, 4) is 5.75 Å². The number of aromatic nitrogens is 3. The van der Waals surface area contributed by atoms with Gasteiger partial charge >= 0.3 is 6.09 Å². The van der Waals surface area contributed by atoms with E-state index in [4.69, 9.17) is 15.2 Å². The minimum absolute atomic E-state index is 0.234. The highest BCUT2D eigenvalue weighted by Gasteiger charge is 2.20. The van der Waals surface area contributed by atoms with Crippen molar-refractivity contribution in [1.29, 1.82) is 0 Å². The number of imidazole rings is 1. The third-order valence-electron chi connectivity index (χ3n) is 4.91. The van der Waals surface area contributed by atoms with Crippen molar-refractivity contribution >= 4 is 34.9 Å². The number of amides is 3. The zero-order valence-corrected chi connectivity index (χ0v) is 20.3. The molecule has 11 nitrogen and oxygen atoms in total. The lowest BCUT2D eigenvalue weighted by atomic mass is 10.1. The first-order chi connectivity index (χ1) is 16.6. The Morgan fingerprint density at radius 1 is 1.14 bits per heavy atom. The van der Waals surface area contributed by atoms with Gasteiger partial charge in [-0.3, -0.25) is 19.9 Å². The fraction of sp³-hybridized carbons (Fsp3) is 0.375. The van der Waals surface area contributed by atoms with Gasteiger partial charge in [-0.2, -0.15) is 0 Å². The van der Waals surface area contributed by atoms with Crippen LogP contribution in [0.5, 0.6) is 5.75 Å². The second kappa shape index (κ2) is 10.9. The van der Waals surface area contributed by atoms with Crippen LogP contribution in [0.1, 0.15) is 54.5 Å². The Balaban J connectivity index is 1.83. The predicted molar refractivity (Wildman–Crippen MR) is 130 cm³/mol. The molecule has 0 bridgehead atoms. The molecular formula is C24H30N6O5. The molecule has 0 saturated heterocycles. The van der Waals surface area contributed by atoms with Crippen molar-refractivity contribution in [2.45, 2.75) is 45.8 Å². The molecule has 11 heteroatoms. The van der Waals surface area contributed by atoms with Crippen LogP contribution in [0.25, 0.3) is 11.0 Å². The number of alkyl carbamates (subject to hydrolysis) is 1. The molecule has 0 aliphatic rings. The molecule has 0 unspecified atom stereocenters. The fourth-order valence-electron chi connectivity index (χ4n) is 3.40. The van der Waals surface area contributed by atoms with Gasteiger partial charge in [-0.1, -0.05) is 6.07 Å². The summed E-state index contributed by atoms with van der Waals surface area (Å²) in [6, 6.07) is 8.11. The molecule has 0 aliphatic carbocycles. The number of carbonyl (C=O) groups is 3. The van der Waals surface area contributed by atoms with Crippen LogP contribution in [0.2, 0.25) is 0 Å². The third kappa shape index (κ3) is 6.69. The molecule has 0 saturated carbocycles. The van der Waals surface area contributed by atoms with Gasteiger partial charge < -0.3 is 25.1 Å². The molecule has 1 aromatic carbocycles.